The van der Waals surface area contributed by atoms with Crippen molar-refractivity contribution >= 4 is 11.0 Å². The topological polar surface area (TPSA) is 30.2 Å². The molecule has 2 nitrogen and oxygen atoms in total. The van der Waals surface area contributed by atoms with Crippen LogP contribution in [0.4, 0.5) is 0 Å². The van der Waals surface area contributed by atoms with E-state index in [9.17, 15) is 4.79 Å². The lowest BCUT2D eigenvalue weighted by Crippen LogP contribution is -1.96. The zero-order valence-electron chi connectivity index (χ0n) is 8.62. The van der Waals surface area contributed by atoms with Gasteiger partial charge in [-0.05, 0) is 42.7 Å². The van der Waals surface area contributed by atoms with Gasteiger partial charge < -0.3 is 4.42 Å². The molecular formula is C13H12O2. The maximum absolute atomic E-state index is 11.0. The molecule has 0 saturated heterocycles. The highest BCUT2D eigenvalue weighted by Gasteiger charge is 2.02. The summed E-state index contributed by atoms with van der Waals surface area (Å²) in [5.41, 5.74) is 2.68. The molecule has 0 spiro atoms. The molecule has 0 radical (unpaired) electrons. The Bertz CT molecular complexity index is 564. The molecule has 0 amide bonds. The highest BCUT2D eigenvalue weighted by atomic mass is 16.4. The van der Waals surface area contributed by atoms with Gasteiger partial charge in [0.1, 0.15) is 5.58 Å². The zero-order valence-corrected chi connectivity index (χ0v) is 8.62. The SMILES string of the molecule is C=CCc1cc2ccc(=O)oc2cc1C. The first-order chi connectivity index (χ1) is 7.20. The number of allylic oxidation sites excluding steroid dienone is 1. The van der Waals surface area contributed by atoms with E-state index in [-0.39, 0.29) is 5.63 Å². The van der Waals surface area contributed by atoms with E-state index in [4.69, 9.17) is 4.42 Å². The van der Waals surface area contributed by atoms with Crippen LogP contribution in [0.3, 0.4) is 0 Å². The van der Waals surface area contributed by atoms with Gasteiger partial charge >= 0.3 is 5.63 Å². The number of fused-ring (bicyclic) bond motifs is 1. The molecular weight excluding hydrogens is 188 g/mol. The standard InChI is InChI=1S/C13H12O2/c1-3-4-10-8-11-5-6-13(14)15-12(11)7-9(10)2/h3,5-8H,1,4H2,2H3. The van der Waals surface area contributed by atoms with Crippen molar-refractivity contribution in [2.24, 2.45) is 0 Å². The van der Waals surface area contributed by atoms with Gasteiger partial charge in [0.05, 0.1) is 0 Å². The minimum Gasteiger partial charge on any atom is -0.423 e. The summed E-state index contributed by atoms with van der Waals surface area (Å²) in [6, 6.07) is 7.16. The molecule has 0 saturated carbocycles. The summed E-state index contributed by atoms with van der Waals surface area (Å²) in [6.45, 7) is 5.72. The molecule has 0 atom stereocenters. The molecule has 0 fully saturated rings. The lowest BCUT2D eigenvalue weighted by Gasteiger charge is -2.04. The van der Waals surface area contributed by atoms with Crippen LogP contribution in [0.1, 0.15) is 11.1 Å². The molecule has 15 heavy (non-hydrogen) atoms. The largest absolute Gasteiger partial charge is 0.423 e. The Morgan fingerprint density at radius 1 is 1.40 bits per heavy atom. The summed E-state index contributed by atoms with van der Waals surface area (Å²) in [5, 5.41) is 0.956. The lowest BCUT2D eigenvalue weighted by molar-refractivity contribution is 0.560. The summed E-state index contributed by atoms with van der Waals surface area (Å²) < 4.78 is 5.09. The van der Waals surface area contributed by atoms with Crippen LogP contribution in [0.25, 0.3) is 11.0 Å². The smallest absolute Gasteiger partial charge is 0.336 e. The molecule has 2 heteroatoms. The fraction of sp³-hybridized carbons (Fsp3) is 0.154. The van der Waals surface area contributed by atoms with Crippen LogP contribution in [0, 0.1) is 6.92 Å². The summed E-state index contributed by atoms with van der Waals surface area (Å²) in [6.07, 6.45) is 2.70. The highest BCUT2D eigenvalue weighted by molar-refractivity contribution is 5.78. The molecule has 0 aliphatic heterocycles. The molecule has 0 aliphatic carbocycles. The molecule has 1 heterocycles. The third-order valence-electron chi connectivity index (χ3n) is 2.44. The second-order valence-electron chi connectivity index (χ2n) is 3.56. The van der Waals surface area contributed by atoms with Crippen LogP contribution in [0.2, 0.25) is 0 Å². The van der Waals surface area contributed by atoms with Crippen molar-refractivity contribution in [3.63, 3.8) is 0 Å². The van der Waals surface area contributed by atoms with Gasteiger partial charge in [0.2, 0.25) is 0 Å². The van der Waals surface area contributed by atoms with Gasteiger partial charge in [-0.2, -0.15) is 0 Å². The van der Waals surface area contributed by atoms with Crippen molar-refractivity contribution in [1.82, 2.24) is 0 Å². The first-order valence-electron chi connectivity index (χ1n) is 4.85. The second kappa shape index (κ2) is 3.73. The fourth-order valence-corrected chi connectivity index (χ4v) is 1.64. The van der Waals surface area contributed by atoms with Crippen molar-refractivity contribution in [1.29, 1.82) is 0 Å². The predicted octanol–water partition coefficient (Wildman–Crippen LogP) is 2.83. The molecule has 76 valence electrons. The van der Waals surface area contributed by atoms with E-state index in [1.165, 1.54) is 11.6 Å². The number of aryl methyl sites for hydroxylation is 1. The van der Waals surface area contributed by atoms with E-state index < -0.39 is 0 Å². The Balaban J connectivity index is 2.70. The predicted molar refractivity (Wildman–Crippen MR) is 61.1 cm³/mol. The number of hydrogen-bond donors (Lipinski definition) is 0. The van der Waals surface area contributed by atoms with Crippen molar-refractivity contribution < 1.29 is 4.42 Å². The summed E-state index contributed by atoms with van der Waals surface area (Å²) in [7, 11) is 0. The second-order valence-corrected chi connectivity index (χ2v) is 3.56. The molecule has 0 unspecified atom stereocenters. The first-order valence-corrected chi connectivity index (χ1v) is 4.85. The molecule has 2 rings (SSSR count). The van der Waals surface area contributed by atoms with E-state index in [0.29, 0.717) is 5.58 Å². The van der Waals surface area contributed by atoms with Crippen LogP contribution < -0.4 is 5.63 Å². The summed E-state index contributed by atoms with van der Waals surface area (Å²) in [4.78, 5) is 11.0. The van der Waals surface area contributed by atoms with Crippen molar-refractivity contribution in [2.75, 3.05) is 0 Å². The minimum atomic E-state index is -0.307. The van der Waals surface area contributed by atoms with E-state index in [1.807, 2.05) is 25.1 Å². The Hall–Kier alpha value is -1.83. The van der Waals surface area contributed by atoms with Gasteiger partial charge in [-0.15, -0.1) is 6.58 Å². The minimum absolute atomic E-state index is 0.307. The number of benzene rings is 1. The molecule has 2 aromatic rings. The summed E-state index contributed by atoms with van der Waals surface area (Å²) >= 11 is 0. The van der Waals surface area contributed by atoms with Crippen molar-refractivity contribution in [3.05, 3.63) is 58.5 Å². The van der Waals surface area contributed by atoms with Crippen molar-refractivity contribution in [2.45, 2.75) is 13.3 Å². The van der Waals surface area contributed by atoms with E-state index >= 15 is 0 Å². The molecule has 1 aromatic carbocycles. The first kappa shape index (κ1) is 9.71. The van der Waals surface area contributed by atoms with Crippen LogP contribution in [0.15, 0.2) is 46.1 Å². The van der Waals surface area contributed by atoms with Gasteiger partial charge in [0, 0.05) is 11.5 Å². The molecule has 0 aliphatic rings. The van der Waals surface area contributed by atoms with E-state index in [0.717, 1.165) is 17.4 Å². The average Bonchev–Trinajstić information content (AvgIpc) is 2.20. The third kappa shape index (κ3) is 1.84. The Labute approximate surface area is 87.8 Å². The number of hydrogen-bond acceptors (Lipinski definition) is 2. The average molecular weight is 200 g/mol. The van der Waals surface area contributed by atoms with Gasteiger partial charge in [0.15, 0.2) is 0 Å². The molecule has 0 N–H and O–H groups in total. The van der Waals surface area contributed by atoms with Gasteiger partial charge in [-0.3, -0.25) is 0 Å². The van der Waals surface area contributed by atoms with E-state index in [1.54, 1.807) is 6.07 Å². The quantitative estimate of drug-likeness (QED) is 0.551. The Kier molecular flexibility index (Phi) is 2.42. The van der Waals surface area contributed by atoms with Crippen molar-refractivity contribution in [3.8, 4) is 0 Å². The third-order valence-corrected chi connectivity index (χ3v) is 2.44. The molecule has 1 aromatic heterocycles. The van der Waals surface area contributed by atoms with Crippen LogP contribution in [0.5, 0.6) is 0 Å². The normalized spacial score (nSPS) is 10.5. The maximum Gasteiger partial charge on any atom is 0.336 e. The van der Waals surface area contributed by atoms with Crippen LogP contribution in [-0.4, -0.2) is 0 Å². The highest BCUT2D eigenvalue weighted by Crippen LogP contribution is 2.18. The maximum atomic E-state index is 11.0. The zero-order chi connectivity index (χ0) is 10.8. The lowest BCUT2D eigenvalue weighted by atomic mass is 10.0. The Morgan fingerprint density at radius 2 is 2.20 bits per heavy atom. The van der Waals surface area contributed by atoms with Crippen LogP contribution >= 0.6 is 0 Å². The van der Waals surface area contributed by atoms with Gasteiger partial charge in [-0.25, -0.2) is 4.79 Å². The Morgan fingerprint density at radius 3 is 2.93 bits per heavy atom. The molecule has 0 bridgehead atoms. The fourth-order valence-electron chi connectivity index (χ4n) is 1.64. The van der Waals surface area contributed by atoms with E-state index in [2.05, 4.69) is 6.58 Å². The summed E-state index contributed by atoms with van der Waals surface area (Å²) in [5.74, 6) is 0. The van der Waals surface area contributed by atoms with Gasteiger partial charge in [0.25, 0.3) is 0 Å². The monoisotopic (exact) mass is 200 g/mol. The van der Waals surface area contributed by atoms with Crippen LogP contribution in [-0.2, 0) is 6.42 Å². The number of rotatable bonds is 2. The van der Waals surface area contributed by atoms with Gasteiger partial charge in [-0.1, -0.05) is 6.08 Å².